The molecule has 0 aromatic heterocycles. The van der Waals surface area contributed by atoms with Gasteiger partial charge < -0.3 is 15.5 Å². The van der Waals surface area contributed by atoms with Crippen LogP contribution >= 0.6 is 0 Å². The highest BCUT2D eigenvalue weighted by Crippen LogP contribution is 2.17. The normalized spacial score (nSPS) is 13.5. The molecule has 0 rings (SSSR count). The summed E-state index contributed by atoms with van der Waals surface area (Å²) >= 11 is 0. The highest BCUT2D eigenvalue weighted by atomic mass is 16.3. The van der Waals surface area contributed by atoms with E-state index in [1.807, 2.05) is 0 Å². The van der Waals surface area contributed by atoms with Crippen LogP contribution in [-0.2, 0) is 4.79 Å². The van der Waals surface area contributed by atoms with Gasteiger partial charge in [0.2, 0.25) is 5.91 Å². The Hall–Kier alpha value is -2.69. The molecule has 4 nitrogen and oxygen atoms in total. The average molecular weight is 973 g/mol. The number of aliphatic hydroxyl groups excluding tert-OH is 2. The van der Waals surface area contributed by atoms with Crippen LogP contribution in [0, 0.1) is 0 Å². The lowest BCUT2D eigenvalue weighted by molar-refractivity contribution is -0.123. The van der Waals surface area contributed by atoms with Gasteiger partial charge in [-0.05, 0) is 77.0 Å². The van der Waals surface area contributed by atoms with Gasteiger partial charge in [-0.15, -0.1) is 0 Å². The Morgan fingerprint density at radius 2 is 0.629 bits per heavy atom. The molecule has 0 aromatic rings. The number of unbranched alkanes of at least 4 members (excludes halogenated alkanes) is 32. The number of carbonyl (C=O) groups excluding carboxylic acids is 1. The van der Waals surface area contributed by atoms with Gasteiger partial charge in [-0.1, -0.05) is 310 Å². The van der Waals surface area contributed by atoms with E-state index in [-0.39, 0.29) is 12.5 Å². The van der Waals surface area contributed by atoms with Gasteiger partial charge in [0.15, 0.2) is 0 Å². The van der Waals surface area contributed by atoms with E-state index in [1.165, 1.54) is 193 Å². The highest BCUT2D eigenvalue weighted by Gasteiger charge is 2.20. The van der Waals surface area contributed by atoms with Crippen molar-refractivity contribution in [3.63, 3.8) is 0 Å². The molecule has 0 saturated heterocycles. The van der Waals surface area contributed by atoms with Crippen molar-refractivity contribution < 1.29 is 15.0 Å². The molecule has 0 bridgehead atoms. The van der Waals surface area contributed by atoms with Crippen LogP contribution < -0.4 is 5.32 Å². The van der Waals surface area contributed by atoms with Crippen LogP contribution in [0.4, 0.5) is 0 Å². The van der Waals surface area contributed by atoms with E-state index in [1.54, 1.807) is 0 Å². The van der Waals surface area contributed by atoms with Crippen molar-refractivity contribution in [3.05, 3.63) is 97.2 Å². The zero-order chi connectivity index (χ0) is 50.6. The Morgan fingerprint density at radius 3 is 0.943 bits per heavy atom. The Morgan fingerprint density at radius 1 is 0.357 bits per heavy atom. The van der Waals surface area contributed by atoms with Crippen LogP contribution in [0.15, 0.2) is 97.2 Å². The summed E-state index contributed by atoms with van der Waals surface area (Å²) in [6.07, 6.45) is 89.7. The molecule has 0 saturated carbocycles. The fourth-order valence-corrected chi connectivity index (χ4v) is 9.03. The van der Waals surface area contributed by atoms with E-state index in [4.69, 9.17) is 0 Å². The molecule has 0 aromatic carbocycles. The second kappa shape index (κ2) is 60.6. The number of rotatable bonds is 55. The van der Waals surface area contributed by atoms with E-state index in [2.05, 4.69) is 116 Å². The number of allylic oxidation sites excluding steroid dienone is 16. The van der Waals surface area contributed by atoms with Crippen molar-refractivity contribution >= 4 is 5.91 Å². The fourth-order valence-electron chi connectivity index (χ4n) is 9.03. The average Bonchev–Trinajstić information content (AvgIpc) is 3.36. The van der Waals surface area contributed by atoms with Crippen LogP contribution in [0.25, 0.3) is 0 Å². The maximum absolute atomic E-state index is 12.5. The Kier molecular flexibility index (Phi) is 58.3. The zero-order valence-electron chi connectivity index (χ0n) is 46.5. The Labute approximate surface area is 436 Å². The van der Waals surface area contributed by atoms with Crippen LogP contribution in [0.3, 0.4) is 0 Å². The molecule has 1 amide bonds. The molecule has 404 valence electrons. The fraction of sp³-hybridized carbons (Fsp3) is 0.742. The van der Waals surface area contributed by atoms with Gasteiger partial charge in [0.25, 0.3) is 0 Å². The zero-order valence-corrected chi connectivity index (χ0v) is 46.5. The molecule has 0 spiro atoms. The molecule has 70 heavy (non-hydrogen) atoms. The highest BCUT2D eigenvalue weighted by molar-refractivity contribution is 5.76. The van der Waals surface area contributed by atoms with E-state index in [9.17, 15) is 15.0 Å². The first-order valence-electron chi connectivity index (χ1n) is 30.4. The summed E-state index contributed by atoms with van der Waals surface area (Å²) in [5.74, 6) is -0.0404. The van der Waals surface area contributed by atoms with E-state index >= 15 is 0 Å². The van der Waals surface area contributed by atoms with Crippen molar-refractivity contribution in [1.82, 2.24) is 5.32 Å². The summed E-state index contributed by atoms with van der Waals surface area (Å²) in [5, 5.41) is 23.4. The minimum absolute atomic E-state index is 0.0404. The maximum Gasteiger partial charge on any atom is 0.220 e. The minimum Gasteiger partial charge on any atom is -0.394 e. The molecule has 0 aliphatic heterocycles. The topological polar surface area (TPSA) is 69.6 Å². The molecule has 3 N–H and O–H groups in total. The number of nitrogens with one attached hydrogen (secondary N) is 1. The monoisotopic (exact) mass is 972 g/mol. The summed E-state index contributed by atoms with van der Waals surface area (Å²) in [7, 11) is 0. The number of amides is 1. The van der Waals surface area contributed by atoms with Crippen molar-refractivity contribution in [3.8, 4) is 0 Å². The third-order valence-electron chi connectivity index (χ3n) is 13.6. The minimum atomic E-state index is -0.671. The van der Waals surface area contributed by atoms with Gasteiger partial charge in [-0.2, -0.15) is 0 Å². The van der Waals surface area contributed by atoms with Crippen molar-refractivity contribution in [2.24, 2.45) is 0 Å². The molecular formula is C66H117NO3. The smallest absolute Gasteiger partial charge is 0.220 e. The third-order valence-corrected chi connectivity index (χ3v) is 13.6. The summed E-state index contributed by atoms with van der Waals surface area (Å²) in [6.45, 7) is 4.26. The van der Waals surface area contributed by atoms with E-state index < -0.39 is 12.1 Å². The summed E-state index contributed by atoms with van der Waals surface area (Å²) in [6, 6.07) is -0.549. The second-order valence-electron chi connectivity index (χ2n) is 20.4. The predicted molar refractivity (Wildman–Crippen MR) is 313 cm³/mol. The summed E-state index contributed by atoms with van der Waals surface area (Å²) in [4.78, 5) is 12.5. The summed E-state index contributed by atoms with van der Waals surface area (Å²) < 4.78 is 0. The number of aliphatic hydroxyl groups is 2. The lowest BCUT2D eigenvalue weighted by atomic mass is 10.0. The van der Waals surface area contributed by atoms with Crippen LogP contribution in [0.5, 0.6) is 0 Å². The standard InChI is InChI=1S/C66H117NO3/c1-3-5-7-9-11-13-15-17-19-21-23-25-27-29-30-31-32-33-34-35-36-38-40-42-44-46-48-50-52-54-56-58-60-62-66(70)67-64(63-68)65(69)61-59-57-55-53-51-49-47-45-43-41-39-37-28-26-24-22-20-18-16-14-12-10-8-6-4-2/h5,7,11,13,17,19,23,25,29-30,32-33,35-36,40,42,64-65,68-69H,3-4,6,8-10,12,14-16,18,20-22,24,26-28,31,34,37-39,41,43-63H2,1-2H3,(H,67,70)/b7-5-,13-11-,19-17-,25-23-,30-29-,33-32-,36-35-,42-40-. The van der Waals surface area contributed by atoms with Gasteiger partial charge in [0.05, 0.1) is 18.8 Å². The number of hydrogen-bond donors (Lipinski definition) is 3. The SMILES string of the molecule is CC/C=C\C/C=C\C/C=C\C/C=C\C/C=C\C/C=C\C/C=C\C/C=C\CCCCCCCCCCC(=O)NC(CO)C(O)CCCCCCCCCCCCCCCCCCCCCCCCCCC. The molecule has 0 heterocycles. The molecule has 4 heteroatoms. The molecule has 0 radical (unpaired) electrons. The van der Waals surface area contributed by atoms with Gasteiger partial charge >= 0.3 is 0 Å². The second-order valence-corrected chi connectivity index (χ2v) is 20.4. The molecule has 0 aliphatic carbocycles. The third kappa shape index (κ3) is 56.2. The number of carbonyl (C=O) groups is 1. The molecule has 0 fully saturated rings. The van der Waals surface area contributed by atoms with Gasteiger partial charge in [-0.25, -0.2) is 0 Å². The molecule has 2 atom stereocenters. The molecule has 2 unspecified atom stereocenters. The maximum atomic E-state index is 12.5. The molecular weight excluding hydrogens is 855 g/mol. The van der Waals surface area contributed by atoms with Crippen LogP contribution in [0.2, 0.25) is 0 Å². The first-order valence-corrected chi connectivity index (χ1v) is 30.4. The first kappa shape index (κ1) is 67.3. The largest absolute Gasteiger partial charge is 0.394 e. The molecule has 0 aliphatic rings. The quantitative estimate of drug-likeness (QED) is 0.0420. The number of hydrogen-bond acceptors (Lipinski definition) is 3. The van der Waals surface area contributed by atoms with E-state index in [0.29, 0.717) is 12.8 Å². The van der Waals surface area contributed by atoms with Crippen molar-refractivity contribution in [1.29, 1.82) is 0 Å². The van der Waals surface area contributed by atoms with Crippen molar-refractivity contribution in [2.45, 2.75) is 309 Å². The van der Waals surface area contributed by atoms with Gasteiger partial charge in [0, 0.05) is 6.42 Å². The lowest BCUT2D eigenvalue weighted by Gasteiger charge is -2.22. The summed E-state index contributed by atoms with van der Waals surface area (Å²) in [5.41, 5.74) is 0. The van der Waals surface area contributed by atoms with Crippen LogP contribution in [-0.4, -0.2) is 34.9 Å². The van der Waals surface area contributed by atoms with Gasteiger partial charge in [0.1, 0.15) is 0 Å². The first-order chi connectivity index (χ1) is 34.7. The van der Waals surface area contributed by atoms with Gasteiger partial charge in [-0.3, -0.25) is 4.79 Å². The van der Waals surface area contributed by atoms with E-state index in [0.717, 1.165) is 77.0 Å². The van der Waals surface area contributed by atoms with Crippen LogP contribution in [0.1, 0.15) is 296 Å². The predicted octanol–water partition coefficient (Wildman–Crippen LogP) is 20.5. The lowest BCUT2D eigenvalue weighted by Crippen LogP contribution is -2.45. The van der Waals surface area contributed by atoms with Crippen molar-refractivity contribution in [2.75, 3.05) is 6.61 Å². The Bertz CT molecular complexity index is 1290. The Balaban J connectivity index is 3.54.